The van der Waals surface area contributed by atoms with Gasteiger partial charge in [-0.25, -0.2) is 4.39 Å². The highest BCUT2D eigenvalue weighted by Crippen LogP contribution is 2.32. The van der Waals surface area contributed by atoms with Crippen molar-refractivity contribution in [2.24, 2.45) is 5.73 Å². The summed E-state index contributed by atoms with van der Waals surface area (Å²) in [5.41, 5.74) is 11.7. The number of nitrogens with one attached hydrogen (secondary N) is 1. The Balaban J connectivity index is 0.00000241. The number of rotatable bonds is 3. The Morgan fingerprint density at radius 1 is 1.15 bits per heavy atom. The van der Waals surface area contributed by atoms with Gasteiger partial charge in [-0.15, -0.1) is 12.4 Å². The number of nitrogens with zero attached hydrogens (tertiary/aromatic N) is 4. The van der Waals surface area contributed by atoms with Gasteiger partial charge in [0.05, 0.1) is 5.52 Å². The van der Waals surface area contributed by atoms with E-state index in [0.717, 1.165) is 42.6 Å². The number of halogens is 2. The van der Waals surface area contributed by atoms with Crippen molar-refractivity contribution in [2.75, 3.05) is 6.54 Å². The van der Waals surface area contributed by atoms with Crippen LogP contribution in [0.25, 0.3) is 28.0 Å². The number of aromatic amines is 1. The monoisotopic (exact) mass is 480 g/mol. The lowest BCUT2D eigenvalue weighted by Gasteiger charge is -2.43. The molecule has 0 unspecified atom stereocenters. The van der Waals surface area contributed by atoms with Crippen LogP contribution in [-0.2, 0) is 13.0 Å². The highest BCUT2D eigenvalue weighted by Gasteiger charge is 2.33. The van der Waals surface area contributed by atoms with E-state index >= 15 is 0 Å². The largest absolute Gasteiger partial charge is 0.328 e. The van der Waals surface area contributed by atoms with Gasteiger partial charge >= 0.3 is 0 Å². The maximum Gasteiger partial charge on any atom is 0.273 e. The molecule has 3 N–H and O–H groups in total. The van der Waals surface area contributed by atoms with Crippen molar-refractivity contribution in [2.45, 2.75) is 44.8 Å². The van der Waals surface area contributed by atoms with Crippen LogP contribution in [0.3, 0.4) is 0 Å². The van der Waals surface area contributed by atoms with Crippen molar-refractivity contribution >= 4 is 23.4 Å². The summed E-state index contributed by atoms with van der Waals surface area (Å²) in [5, 5.41) is 11.9. The van der Waals surface area contributed by atoms with Crippen LogP contribution in [0.4, 0.5) is 4.39 Å². The van der Waals surface area contributed by atoms with Crippen LogP contribution in [0.2, 0.25) is 0 Å². The van der Waals surface area contributed by atoms with Gasteiger partial charge in [0.25, 0.3) is 5.56 Å². The molecule has 0 spiro atoms. The SMILES string of the molecule is Cc1cccc(F)c1-n1nc2c(-c3ccc4c(c3)CN(C3CC(N)C3)CC4)n[nH]c2cc1=O.Cl. The van der Waals surface area contributed by atoms with Crippen molar-refractivity contribution in [1.82, 2.24) is 24.9 Å². The standard InChI is InChI=1S/C25H25FN6O.ClH/c1-14-3-2-4-20(26)25(14)32-22(33)12-21-24(30-32)23(29-28-21)16-6-5-15-7-8-31(13-17(15)9-16)19-10-18(27)11-19;/h2-6,9,12,18-19,28H,7-8,10-11,13,27H2,1H3;1H. The number of aromatic nitrogens is 4. The average molecular weight is 481 g/mol. The highest BCUT2D eigenvalue weighted by atomic mass is 35.5. The van der Waals surface area contributed by atoms with E-state index in [1.807, 2.05) is 0 Å². The van der Waals surface area contributed by atoms with E-state index in [0.29, 0.717) is 34.4 Å². The lowest BCUT2D eigenvalue weighted by molar-refractivity contribution is 0.0976. The molecule has 6 rings (SSSR count). The number of hydrogen-bond donors (Lipinski definition) is 2. The van der Waals surface area contributed by atoms with Crippen molar-refractivity contribution in [1.29, 1.82) is 0 Å². The fourth-order valence-corrected chi connectivity index (χ4v) is 5.10. The molecule has 0 bridgehead atoms. The molecule has 2 aromatic heterocycles. The van der Waals surface area contributed by atoms with Crippen molar-refractivity contribution < 1.29 is 4.39 Å². The van der Waals surface area contributed by atoms with Crippen molar-refractivity contribution in [3.8, 4) is 16.9 Å². The quantitative estimate of drug-likeness (QED) is 0.468. The first-order valence-corrected chi connectivity index (χ1v) is 11.3. The summed E-state index contributed by atoms with van der Waals surface area (Å²) in [5.74, 6) is -0.487. The minimum absolute atomic E-state index is 0. The molecule has 1 saturated carbocycles. The molecule has 1 aliphatic heterocycles. The van der Waals surface area contributed by atoms with Gasteiger partial charge in [-0.05, 0) is 55.0 Å². The van der Waals surface area contributed by atoms with E-state index < -0.39 is 11.4 Å². The Hall–Kier alpha value is -3.07. The summed E-state index contributed by atoms with van der Waals surface area (Å²) in [6.07, 6.45) is 3.15. The maximum atomic E-state index is 14.6. The van der Waals surface area contributed by atoms with Gasteiger partial charge < -0.3 is 5.73 Å². The second-order valence-electron chi connectivity index (χ2n) is 9.22. The Morgan fingerprint density at radius 3 is 2.74 bits per heavy atom. The molecule has 0 amide bonds. The molecule has 9 heteroatoms. The van der Waals surface area contributed by atoms with E-state index in [1.165, 1.54) is 23.3 Å². The van der Waals surface area contributed by atoms with Crippen LogP contribution in [0.15, 0.2) is 47.3 Å². The Morgan fingerprint density at radius 2 is 1.97 bits per heavy atom. The summed E-state index contributed by atoms with van der Waals surface area (Å²) in [4.78, 5) is 15.2. The number of hydrogen-bond acceptors (Lipinski definition) is 5. The van der Waals surface area contributed by atoms with Gasteiger partial charge in [0, 0.05) is 36.8 Å². The predicted octanol–water partition coefficient (Wildman–Crippen LogP) is 3.49. The number of benzene rings is 2. The molecule has 1 aliphatic carbocycles. The fraction of sp³-hybridized carbons (Fsp3) is 0.320. The maximum absolute atomic E-state index is 14.6. The fourth-order valence-electron chi connectivity index (χ4n) is 5.10. The lowest BCUT2D eigenvalue weighted by atomic mass is 9.84. The minimum atomic E-state index is -0.487. The van der Waals surface area contributed by atoms with Crippen LogP contribution in [0, 0.1) is 12.7 Å². The zero-order chi connectivity index (χ0) is 22.7. The third-order valence-electron chi connectivity index (χ3n) is 7.03. The summed E-state index contributed by atoms with van der Waals surface area (Å²) in [6.45, 7) is 3.72. The number of aryl methyl sites for hydroxylation is 1. The molecular formula is C25H26ClFN6O. The summed E-state index contributed by atoms with van der Waals surface area (Å²) in [7, 11) is 0. The van der Waals surface area contributed by atoms with E-state index in [2.05, 4.69) is 38.4 Å². The third kappa shape index (κ3) is 3.72. The molecule has 2 aromatic carbocycles. The van der Waals surface area contributed by atoms with Gasteiger partial charge in [0.15, 0.2) is 0 Å². The lowest BCUT2D eigenvalue weighted by Crippen LogP contribution is -2.51. The number of para-hydroxylation sites is 1. The van der Waals surface area contributed by atoms with E-state index in [9.17, 15) is 9.18 Å². The zero-order valence-corrected chi connectivity index (χ0v) is 19.6. The summed E-state index contributed by atoms with van der Waals surface area (Å²) in [6, 6.07) is 13.4. The number of fused-ring (bicyclic) bond motifs is 2. The number of H-pyrrole nitrogens is 1. The van der Waals surface area contributed by atoms with E-state index in [-0.39, 0.29) is 18.1 Å². The van der Waals surface area contributed by atoms with Crippen molar-refractivity contribution in [3.05, 3.63) is 75.3 Å². The van der Waals surface area contributed by atoms with Crippen LogP contribution in [0.1, 0.15) is 29.5 Å². The smallest absolute Gasteiger partial charge is 0.273 e. The van der Waals surface area contributed by atoms with Crippen molar-refractivity contribution in [3.63, 3.8) is 0 Å². The van der Waals surface area contributed by atoms with Crippen LogP contribution in [0.5, 0.6) is 0 Å². The van der Waals surface area contributed by atoms with Gasteiger partial charge in [0.2, 0.25) is 0 Å². The van der Waals surface area contributed by atoms with Gasteiger partial charge in [-0.2, -0.15) is 14.9 Å². The Bertz CT molecular complexity index is 1420. The zero-order valence-electron chi connectivity index (χ0n) is 18.8. The summed E-state index contributed by atoms with van der Waals surface area (Å²) < 4.78 is 15.7. The van der Waals surface area contributed by atoms with E-state index in [4.69, 9.17) is 5.73 Å². The first-order chi connectivity index (χ1) is 16.0. The molecular weight excluding hydrogens is 455 g/mol. The Labute approximate surface area is 202 Å². The normalized spacial score (nSPS) is 20.0. The summed E-state index contributed by atoms with van der Waals surface area (Å²) >= 11 is 0. The molecule has 34 heavy (non-hydrogen) atoms. The first-order valence-electron chi connectivity index (χ1n) is 11.3. The van der Waals surface area contributed by atoms with Crippen LogP contribution >= 0.6 is 12.4 Å². The predicted molar refractivity (Wildman–Crippen MR) is 132 cm³/mol. The molecule has 0 radical (unpaired) electrons. The van der Waals surface area contributed by atoms with Crippen LogP contribution < -0.4 is 11.3 Å². The van der Waals surface area contributed by atoms with Gasteiger partial charge in [-0.3, -0.25) is 14.8 Å². The van der Waals surface area contributed by atoms with Gasteiger partial charge in [0.1, 0.15) is 22.7 Å². The molecule has 2 aliphatic rings. The second kappa shape index (κ2) is 8.61. The average Bonchev–Trinajstić information content (AvgIpc) is 3.18. The topological polar surface area (TPSA) is 92.8 Å². The molecule has 4 aromatic rings. The molecule has 0 saturated heterocycles. The van der Waals surface area contributed by atoms with Crippen LogP contribution in [-0.4, -0.2) is 43.5 Å². The third-order valence-corrected chi connectivity index (χ3v) is 7.03. The highest BCUT2D eigenvalue weighted by molar-refractivity contribution is 5.89. The first kappa shape index (κ1) is 22.7. The molecule has 7 nitrogen and oxygen atoms in total. The number of nitrogens with two attached hydrogens (primary N) is 1. The van der Waals surface area contributed by atoms with E-state index in [1.54, 1.807) is 19.1 Å². The Kier molecular flexibility index (Phi) is 5.75. The molecule has 3 heterocycles. The molecule has 0 atom stereocenters. The molecule has 176 valence electrons. The second-order valence-corrected chi connectivity index (χ2v) is 9.22. The molecule has 1 fully saturated rings. The minimum Gasteiger partial charge on any atom is -0.328 e. The van der Waals surface area contributed by atoms with Gasteiger partial charge in [-0.1, -0.05) is 24.3 Å².